The number of ether oxygens (including phenoxy) is 1. The maximum Gasteiger partial charge on any atom is 0.240 e. The van der Waals surface area contributed by atoms with Crippen LogP contribution in [0.4, 0.5) is 5.13 Å². The van der Waals surface area contributed by atoms with Gasteiger partial charge in [0.2, 0.25) is 21.1 Å². The lowest BCUT2D eigenvalue weighted by Crippen LogP contribution is -2.27. The SMILES string of the molecule is CCOCc1nnc(NC(=O)CCNS(=O)(=O)c2ccccc2)s1. The summed E-state index contributed by atoms with van der Waals surface area (Å²) in [6.45, 7) is 2.79. The molecule has 0 saturated carbocycles. The van der Waals surface area contributed by atoms with Gasteiger partial charge in [0.1, 0.15) is 11.6 Å². The number of aromatic nitrogens is 2. The molecule has 10 heteroatoms. The van der Waals surface area contributed by atoms with Gasteiger partial charge in [-0.15, -0.1) is 10.2 Å². The molecule has 2 N–H and O–H groups in total. The summed E-state index contributed by atoms with van der Waals surface area (Å²) < 4.78 is 31.6. The number of anilines is 1. The first kappa shape index (κ1) is 18.5. The molecule has 8 nitrogen and oxygen atoms in total. The van der Waals surface area contributed by atoms with E-state index < -0.39 is 10.0 Å². The van der Waals surface area contributed by atoms with Crippen LogP contribution in [0.15, 0.2) is 35.2 Å². The number of sulfonamides is 1. The molecule has 2 rings (SSSR count). The van der Waals surface area contributed by atoms with Crippen LogP contribution in [0, 0.1) is 0 Å². The quantitative estimate of drug-likeness (QED) is 0.690. The van der Waals surface area contributed by atoms with Gasteiger partial charge >= 0.3 is 0 Å². The Labute approximate surface area is 144 Å². The molecule has 0 unspecified atom stereocenters. The van der Waals surface area contributed by atoms with Crippen LogP contribution in [0.1, 0.15) is 18.4 Å². The third kappa shape index (κ3) is 5.64. The summed E-state index contributed by atoms with van der Waals surface area (Å²) in [5.74, 6) is -0.343. The molecule has 0 aliphatic carbocycles. The molecule has 0 atom stereocenters. The van der Waals surface area contributed by atoms with Crippen LogP contribution >= 0.6 is 11.3 Å². The summed E-state index contributed by atoms with van der Waals surface area (Å²) in [5.41, 5.74) is 0. The Kier molecular flexibility index (Phi) is 6.79. The van der Waals surface area contributed by atoms with E-state index in [9.17, 15) is 13.2 Å². The first-order chi connectivity index (χ1) is 11.5. The highest BCUT2D eigenvalue weighted by atomic mass is 32.2. The number of carbonyl (C=O) groups is 1. The molecule has 2 aromatic rings. The summed E-state index contributed by atoms with van der Waals surface area (Å²) >= 11 is 1.22. The highest BCUT2D eigenvalue weighted by molar-refractivity contribution is 7.89. The topological polar surface area (TPSA) is 110 Å². The zero-order chi connectivity index (χ0) is 17.4. The maximum atomic E-state index is 12.0. The van der Waals surface area contributed by atoms with Gasteiger partial charge in [0.15, 0.2) is 0 Å². The van der Waals surface area contributed by atoms with Gasteiger partial charge in [-0.3, -0.25) is 4.79 Å². The molecule has 0 saturated heterocycles. The summed E-state index contributed by atoms with van der Waals surface area (Å²) in [7, 11) is -3.61. The molecule has 1 heterocycles. The van der Waals surface area contributed by atoms with Crippen molar-refractivity contribution in [3.05, 3.63) is 35.3 Å². The third-order valence-corrected chi connectivity index (χ3v) is 5.13. The number of hydrogen-bond donors (Lipinski definition) is 2. The van der Waals surface area contributed by atoms with Crippen LogP contribution in [-0.2, 0) is 26.2 Å². The fourth-order valence-electron chi connectivity index (χ4n) is 1.72. The van der Waals surface area contributed by atoms with Gasteiger partial charge in [0, 0.05) is 19.6 Å². The van der Waals surface area contributed by atoms with Crippen LogP contribution in [0.5, 0.6) is 0 Å². The van der Waals surface area contributed by atoms with Gasteiger partial charge in [-0.1, -0.05) is 29.5 Å². The number of hydrogen-bond acceptors (Lipinski definition) is 7. The standard InChI is InChI=1S/C14H18N4O4S2/c1-2-22-10-13-17-18-14(23-13)16-12(19)8-9-15-24(20,21)11-6-4-3-5-7-11/h3-7,15H,2,8-10H2,1H3,(H,16,18,19). The van der Waals surface area contributed by atoms with E-state index in [-0.39, 0.29) is 23.8 Å². The van der Waals surface area contributed by atoms with Crippen molar-refractivity contribution in [2.45, 2.75) is 24.8 Å². The molecular weight excluding hydrogens is 352 g/mol. The minimum Gasteiger partial charge on any atom is -0.374 e. The normalized spacial score (nSPS) is 11.4. The second-order valence-electron chi connectivity index (χ2n) is 4.65. The molecule has 0 aliphatic rings. The molecule has 0 aliphatic heterocycles. The van der Waals surface area contributed by atoms with E-state index >= 15 is 0 Å². The van der Waals surface area contributed by atoms with Gasteiger partial charge in [-0.05, 0) is 19.1 Å². The molecule has 24 heavy (non-hydrogen) atoms. The number of carbonyl (C=O) groups excluding carboxylic acids is 1. The molecule has 130 valence electrons. The lowest BCUT2D eigenvalue weighted by atomic mass is 10.4. The average molecular weight is 370 g/mol. The van der Waals surface area contributed by atoms with E-state index in [2.05, 4.69) is 20.2 Å². The molecule has 1 aromatic heterocycles. The van der Waals surface area contributed by atoms with Gasteiger partial charge < -0.3 is 10.1 Å². The number of benzene rings is 1. The Morgan fingerprint density at radius 3 is 2.71 bits per heavy atom. The average Bonchev–Trinajstić information content (AvgIpc) is 3.01. The van der Waals surface area contributed by atoms with Crippen LogP contribution in [-0.4, -0.2) is 37.7 Å². The maximum absolute atomic E-state index is 12.0. The number of nitrogens with zero attached hydrogens (tertiary/aromatic N) is 2. The van der Waals surface area contributed by atoms with E-state index in [0.717, 1.165) is 0 Å². The summed E-state index contributed by atoms with van der Waals surface area (Å²) in [6, 6.07) is 7.98. The van der Waals surface area contributed by atoms with Crippen molar-refractivity contribution in [2.75, 3.05) is 18.5 Å². The molecule has 0 bridgehead atoms. The van der Waals surface area contributed by atoms with Crippen molar-refractivity contribution in [3.8, 4) is 0 Å². The van der Waals surface area contributed by atoms with Crippen molar-refractivity contribution in [1.82, 2.24) is 14.9 Å². The van der Waals surface area contributed by atoms with Crippen LogP contribution in [0.2, 0.25) is 0 Å². The number of nitrogens with one attached hydrogen (secondary N) is 2. The number of amides is 1. The smallest absolute Gasteiger partial charge is 0.240 e. The predicted molar refractivity (Wildman–Crippen MR) is 90.1 cm³/mol. The van der Waals surface area contributed by atoms with Crippen LogP contribution in [0.3, 0.4) is 0 Å². The Bertz CT molecular complexity index is 762. The predicted octanol–water partition coefficient (Wildman–Crippen LogP) is 1.38. The minimum atomic E-state index is -3.61. The first-order valence-corrected chi connectivity index (χ1v) is 9.56. The van der Waals surface area contributed by atoms with E-state index in [1.807, 2.05) is 6.92 Å². The molecular formula is C14H18N4O4S2. The zero-order valence-corrected chi connectivity index (χ0v) is 14.7. The monoisotopic (exact) mass is 370 g/mol. The van der Waals surface area contributed by atoms with Gasteiger partial charge in [0.05, 0.1) is 4.90 Å². The summed E-state index contributed by atoms with van der Waals surface area (Å²) in [4.78, 5) is 12.0. The minimum absolute atomic E-state index is 0.00628. The zero-order valence-electron chi connectivity index (χ0n) is 13.1. The van der Waals surface area contributed by atoms with E-state index in [4.69, 9.17) is 4.74 Å². The molecule has 1 aromatic carbocycles. The van der Waals surface area contributed by atoms with Crippen LogP contribution < -0.4 is 10.0 Å². The summed E-state index contributed by atoms with van der Waals surface area (Å²) in [6.07, 6.45) is -0.00750. The Balaban J connectivity index is 1.78. The van der Waals surface area contributed by atoms with Crippen molar-refractivity contribution in [1.29, 1.82) is 0 Å². The van der Waals surface area contributed by atoms with E-state index in [1.165, 1.54) is 23.5 Å². The summed E-state index contributed by atoms with van der Waals surface area (Å²) in [5, 5.41) is 11.3. The van der Waals surface area contributed by atoms with Crippen molar-refractivity contribution in [2.24, 2.45) is 0 Å². The largest absolute Gasteiger partial charge is 0.374 e. The second kappa shape index (κ2) is 8.83. The van der Waals surface area contributed by atoms with Gasteiger partial charge in [0.25, 0.3) is 0 Å². The molecule has 0 radical (unpaired) electrons. The first-order valence-electron chi connectivity index (χ1n) is 7.26. The number of rotatable bonds is 9. The molecule has 0 fully saturated rings. The second-order valence-corrected chi connectivity index (χ2v) is 7.48. The highest BCUT2D eigenvalue weighted by Crippen LogP contribution is 2.16. The Hall–Kier alpha value is -1.88. The molecule has 1 amide bonds. The Morgan fingerprint density at radius 2 is 2.00 bits per heavy atom. The van der Waals surface area contributed by atoms with Crippen LogP contribution in [0.25, 0.3) is 0 Å². The third-order valence-electron chi connectivity index (χ3n) is 2.84. The fourth-order valence-corrected chi connectivity index (χ4v) is 3.46. The highest BCUT2D eigenvalue weighted by Gasteiger charge is 2.14. The fraction of sp³-hybridized carbons (Fsp3) is 0.357. The molecule has 0 spiro atoms. The lowest BCUT2D eigenvalue weighted by Gasteiger charge is -2.06. The van der Waals surface area contributed by atoms with Crippen molar-refractivity contribution in [3.63, 3.8) is 0 Å². The van der Waals surface area contributed by atoms with Crippen molar-refractivity contribution >= 4 is 32.4 Å². The Morgan fingerprint density at radius 1 is 1.25 bits per heavy atom. The van der Waals surface area contributed by atoms with Gasteiger partial charge in [-0.2, -0.15) is 0 Å². The van der Waals surface area contributed by atoms with E-state index in [1.54, 1.807) is 18.2 Å². The lowest BCUT2D eigenvalue weighted by molar-refractivity contribution is -0.116. The van der Waals surface area contributed by atoms with E-state index in [0.29, 0.717) is 23.4 Å². The van der Waals surface area contributed by atoms with Gasteiger partial charge in [-0.25, -0.2) is 13.1 Å². The van der Waals surface area contributed by atoms with Crippen molar-refractivity contribution < 1.29 is 17.9 Å².